The summed E-state index contributed by atoms with van der Waals surface area (Å²) in [5.74, 6) is 0. The van der Waals surface area contributed by atoms with E-state index in [0.29, 0.717) is 11.3 Å². The first-order valence-electron chi connectivity index (χ1n) is 6.07. The summed E-state index contributed by atoms with van der Waals surface area (Å²) in [6, 6.07) is 0.698. The van der Waals surface area contributed by atoms with Crippen LogP contribution < -0.4 is 5.32 Å². The first-order valence-corrected chi connectivity index (χ1v) is 6.89. The van der Waals surface area contributed by atoms with Crippen LogP contribution in [0.25, 0.3) is 0 Å². The lowest BCUT2D eigenvalue weighted by molar-refractivity contribution is 0.453. The molecule has 1 fully saturated rings. The third-order valence-corrected chi connectivity index (χ3v) is 4.11. The third kappa shape index (κ3) is 2.44. The molecule has 1 aliphatic rings. The van der Waals surface area contributed by atoms with Gasteiger partial charge in [0.05, 0.1) is 11.9 Å². The van der Waals surface area contributed by atoms with Crippen LogP contribution in [0.3, 0.4) is 0 Å². The van der Waals surface area contributed by atoms with Crippen molar-refractivity contribution in [1.29, 1.82) is 0 Å². The molecule has 2 aromatic heterocycles. The highest BCUT2D eigenvalue weighted by atomic mass is 32.2. The molecule has 5 nitrogen and oxygen atoms in total. The Hall–Kier alpha value is -1.27. The van der Waals surface area contributed by atoms with Gasteiger partial charge in [-0.25, -0.2) is 4.98 Å². The second-order valence-corrected chi connectivity index (χ2v) is 5.49. The van der Waals surface area contributed by atoms with E-state index in [4.69, 9.17) is 4.42 Å². The number of nitrogens with one attached hydrogen (secondary N) is 1. The molecule has 0 radical (unpaired) electrons. The zero-order valence-electron chi connectivity index (χ0n) is 10.5. The molecule has 1 N–H and O–H groups in total. The summed E-state index contributed by atoms with van der Waals surface area (Å²) in [6.45, 7) is 2.91. The minimum atomic E-state index is 0.658. The van der Waals surface area contributed by atoms with Crippen molar-refractivity contribution in [3.63, 3.8) is 0 Å². The van der Waals surface area contributed by atoms with E-state index in [1.807, 2.05) is 18.7 Å². The van der Waals surface area contributed by atoms with E-state index in [-0.39, 0.29) is 0 Å². The lowest BCUT2D eigenvalue weighted by Gasteiger charge is -2.05. The van der Waals surface area contributed by atoms with Gasteiger partial charge in [-0.15, -0.1) is 0 Å². The Labute approximate surface area is 110 Å². The number of hydrogen-bond acceptors (Lipinski definition) is 5. The Kier molecular flexibility index (Phi) is 3.13. The molecule has 18 heavy (non-hydrogen) atoms. The van der Waals surface area contributed by atoms with Gasteiger partial charge >= 0.3 is 0 Å². The zero-order valence-corrected chi connectivity index (χ0v) is 11.3. The maximum Gasteiger partial charge on any atom is 0.261 e. The van der Waals surface area contributed by atoms with Crippen molar-refractivity contribution < 1.29 is 4.42 Å². The van der Waals surface area contributed by atoms with Crippen molar-refractivity contribution in [2.24, 2.45) is 7.05 Å². The largest absolute Gasteiger partial charge is 0.440 e. The molecule has 3 rings (SSSR count). The van der Waals surface area contributed by atoms with Gasteiger partial charge in [-0.05, 0) is 31.5 Å². The molecule has 0 aliphatic heterocycles. The lowest BCUT2D eigenvalue weighted by atomic mass is 10.2. The van der Waals surface area contributed by atoms with E-state index in [0.717, 1.165) is 17.3 Å². The summed E-state index contributed by atoms with van der Waals surface area (Å²) < 4.78 is 7.18. The number of nitrogens with zero attached hydrogens (tertiary/aromatic N) is 3. The Morgan fingerprint density at radius 2 is 2.39 bits per heavy atom. The first-order chi connectivity index (χ1) is 8.74. The minimum absolute atomic E-state index is 0.658. The maximum absolute atomic E-state index is 5.28. The topological polar surface area (TPSA) is 55.9 Å². The second kappa shape index (κ2) is 4.78. The van der Waals surface area contributed by atoms with Crippen LogP contribution in [0.15, 0.2) is 27.1 Å². The van der Waals surface area contributed by atoms with Gasteiger partial charge in [0.25, 0.3) is 5.22 Å². The molecule has 2 aromatic rings. The average Bonchev–Trinajstić information content (AvgIpc) is 2.95. The van der Waals surface area contributed by atoms with Crippen molar-refractivity contribution in [3.8, 4) is 0 Å². The summed E-state index contributed by atoms with van der Waals surface area (Å²) >= 11 is 1.52. The number of aromatic nitrogens is 3. The standard InChI is InChI=1S/C12H16N4OS/c1-8-10(7-14-9-3-4-9)11(16(2)15-8)18-12-13-5-6-17-12/h5-6,9,14H,3-4,7H2,1-2H3. The van der Waals surface area contributed by atoms with Gasteiger partial charge in [-0.1, -0.05) is 0 Å². The van der Waals surface area contributed by atoms with Crippen molar-refractivity contribution in [2.75, 3.05) is 0 Å². The number of oxazole rings is 1. The molecule has 2 heterocycles. The Bertz CT molecular complexity index is 531. The zero-order chi connectivity index (χ0) is 12.5. The predicted molar refractivity (Wildman–Crippen MR) is 68.4 cm³/mol. The first kappa shape index (κ1) is 11.8. The van der Waals surface area contributed by atoms with Crippen LogP contribution in [0.2, 0.25) is 0 Å². The highest BCUT2D eigenvalue weighted by molar-refractivity contribution is 7.99. The number of hydrogen-bond donors (Lipinski definition) is 1. The summed E-state index contributed by atoms with van der Waals surface area (Å²) in [7, 11) is 1.96. The fourth-order valence-electron chi connectivity index (χ4n) is 1.89. The van der Waals surface area contributed by atoms with Gasteiger partial charge in [0.1, 0.15) is 11.3 Å². The van der Waals surface area contributed by atoms with Crippen LogP contribution in [0.4, 0.5) is 0 Å². The SMILES string of the molecule is Cc1nn(C)c(Sc2ncco2)c1CNC1CC1. The van der Waals surface area contributed by atoms with Crippen LogP contribution in [-0.4, -0.2) is 20.8 Å². The molecule has 96 valence electrons. The smallest absolute Gasteiger partial charge is 0.261 e. The van der Waals surface area contributed by atoms with Crippen molar-refractivity contribution in [2.45, 2.75) is 42.6 Å². The van der Waals surface area contributed by atoms with E-state index < -0.39 is 0 Å². The van der Waals surface area contributed by atoms with Crippen LogP contribution in [0.5, 0.6) is 0 Å². The Morgan fingerprint density at radius 1 is 1.56 bits per heavy atom. The fourth-order valence-corrected chi connectivity index (χ4v) is 2.79. The monoisotopic (exact) mass is 264 g/mol. The van der Waals surface area contributed by atoms with Gasteiger partial charge < -0.3 is 9.73 Å². The second-order valence-electron chi connectivity index (χ2n) is 4.55. The van der Waals surface area contributed by atoms with Crippen molar-refractivity contribution in [1.82, 2.24) is 20.1 Å². The van der Waals surface area contributed by atoms with Crippen molar-refractivity contribution in [3.05, 3.63) is 23.7 Å². The van der Waals surface area contributed by atoms with Gasteiger partial charge in [0.2, 0.25) is 0 Å². The van der Waals surface area contributed by atoms with Crippen LogP contribution >= 0.6 is 11.8 Å². The molecule has 0 spiro atoms. The molecule has 1 aliphatic carbocycles. The van der Waals surface area contributed by atoms with Crippen molar-refractivity contribution >= 4 is 11.8 Å². The molecule has 0 saturated heterocycles. The van der Waals surface area contributed by atoms with Gasteiger partial charge in [0, 0.05) is 25.2 Å². The fraction of sp³-hybridized carbons (Fsp3) is 0.500. The van der Waals surface area contributed by atoms with Crippen LogP contribution in [0, 0.1) is 6.92 Å². The lowest BCUT2D eigenvalue weighted by Crippen LogP contribution is -2.16. The molecule has 0 aromatic carbocycles. The normalized spacial score (nSPS) is 15.2. The van der Waals surface area contributed by atoms with Gasteiger partial charge in [-0.3, -0.25) is 4.68 Å². The quantitative estimate of drug-likeness (QED) is 0.896. The summed E-state index contributed by atoms with van der Waals surface area (Å²) in [5.41, 5.74) is 2.31. The Morgan fingerprint density at radius 3 is 3.06 bits per heavy atom. The number of rotatable bonds is 5. The van der Waals surface area contributed by atoms with E-state index in [2.05, 4.69) is 15.4 Å². The minimum Gasteiger partial charge on any atom is -0.440 e. The van der Waals surface area contributed by atoms with Gasteiger partial charge in [-0.2, -0.15) is 5.10 Å². The molecule has 0 unspecified atom stereocenters. The molecule has 0 amide bonds. The van der Waals surface area contributed by atoms with Crippen LogP contribution in [0.1, 0.15) is 24.1 Å². The predicted octanol–water partition coefficient (Wildman–Crippen LogP) is 2.12. The van der Waals surface area contributed by atoms with E-state index >= 15 is 0 Å². The molecule has 0 bridgehead atoms. The molecule has 0 atom stereocenters. The molecule has 6 heteroatoms. The highest BCUT2D eigenvalue weighted by Crippen LogP contribution is 2.31. The average molecular weight is 264 g/mol. The van der Waals surface area contributed by atoms with E-state index in [1.165, 1.54) is 30.2 Å². The number of aryl methyl sites for hydroxylation is 2. The highest BCUT2D eigenvalue weighted by Gasteiger charge is 2.23. The summed E-state index contributed by atoms with van der Waals surface area (Å²) in [5, 5.41) is 9.76. The van der Waals surface area contributed by atoms with Gasteiger partial charge in [0.15, 0.2) is 0 Å². The molecular weight excluding hydrogens is 248 g/mol. The molecule has 1 saturated carbocycles. The van der Waals surface area contributed by atoms with E-state index in [9.17, 15) is 0 Å². The molecular formula is C12H16N4OS. The van der Waals surface area contributed by atoms with E-state index in [1.54, 1.807) is 12.5 Å². The Balaban J connectivity index is 1.81. The summed E-state index contributed by atoms with van der Waals surface area (Å²) in [6.07, 6.45) is 5.84. The van der Waals surface area contributed by atoms with Crippen LogP contribution in [-0.2, 0) is 13.6 Å². The third-order valence-electron chi connectivity index (χ3n) is 3.03. The maximum atomic E-state index is 5.28. The summed E-state index contributed by atoms with van der Waals surface area (Å²) in [4.78, 5) is 4.15.